The van der Waals surface area contributed by atoms with Crippen molar-refractivity contribution >= 4 is 22.4 Å². The number of halogens is 1. The van der Waals surface area contributed by atoms with Crippen LogP contribution >= 0.6 is 11.6 Å². The van der Waals surface area contributed by atoms with Crippen LogP contribution in [0.25, 0.3) is 10.8 Å². The van der Waals surface area contributed by atoms with Gasteiger partial charge in [0.25, 0.3) is 0 Å². The topological polar surface area (TPSA) is 12.9 Å². The van der Waals surface area contributed by atoms with Crippen LogP contribution < -0.4 is 0 Å². The summed E-state index contributed by atoms with van der Waals surface area (Å²) in [7, 11) is 0. The molecule has 0 aliphatic carbocycles. The molecule has 0 aliphatic heterocycles. The first-order valence-electron chi connectivity index (χ1n) is 6.35. The first-order valence-corrected chi connectivity index (χ1v) is 6.79. The van der Waals surface area contributed by atoms with Crippen molar-refractivity contribution in [1.29, 1.82) is 0 Å². The van der Waals surface area contributed by atoms with E-state index in [-0.39, 0.29) is 5.38 Å². The lowest BCUT2D eigenvalue weighted by atomic mass is 10.0. The van der Waals surface area contributed by atoms with Crippen LogP contribution in [0, 0.1) is 0 Å². The number of nitrogens with zero attached hydrogens (tertiary/aromatic N) is 1. The molecule has 2 aromatic carbocycles. The van der Waals surface area contributed by atoms with Crippen LogP contribution in [-0.2, 0) is 6.42 Å². The van der Waals surface area contributed by atoms with Crippen LogP contribution in [0.1, 0.15) is 16.6 Å². The molecule has 94 valence electrons. The van der Waals surface area contributed by atoms with Crippen LogP contribution in [0.4, 0.5) is 0 Å². The number of hydrogen-bond acceptors (Lipinski definition) is 1. The van der Waals surface area contributed by atoms with Crippen LogP contribution in [-0.4, -0.2) is 4.98 Å². The zero-order chi connectivity index (χ0) is 13.1. The highest BCUT2D eigenvalue weighted by molar-refractivity contribution is 6.21. The van der Waals surface area contributed by atoms with E-state index >= 15 is 0 Å². The van der Waals surface area contributed by atoms with Gasteiger partial charge in [-0.1, -0.05) is 42.5 Å². The maximum atomic E-state index is 6.50. The molecule has 2 heteroatoms. The largest absolute Gasteiger partial charge is 0.261 e. The fourth-order valence-corrected chi connectivity index (χ4v) is 2.52. The summed E-state index contributed by atoms with van der Waals surface area (Å²) < 4.78 is 0. The van der Waals surface area contributed by atoms with Crippen molar-refractivity contribution in [3.05, 3.63) is 78.1 Å². The van der Waals surface area contributed by atoms with Gasteiger partial charge >= 0.3 is 0 Å². The van der Waals surface area contributed by atoms with E-state index in [0.29, 0.717) is 0 Å². The second-order valence-corrected chi connectivity index (χ2v) is 5.13. The summed E-state index contributed by atoms with van der Waals surface area (Å²) in [6.45, 7) is 0. The summed E-state index contributed by atoms with van der Waals surface area (Å²) >= 11 is 6.50. The predicted octanol–water partition coefficient (Wildman–Crippen LogP) is 4.76. The quantitative estimate of drug-likeness (QED) is 0.624. The van der Waals surface area contributed by atoms with Crippen molar-refractivity contribution in [3.8, 4) is 0 Å². The molecule has 3 aromatic rings. The highest BCUT2D eigenvalue weighted by Gasteiger charge is 2.10. The standard InChI is InChI=1S/C17H14ClN/c18-17(12-16-7-3-4-10-19-16)15-9-8-13-5-1-2-6-14(13)11-15/h1-11,17H,12H2. The molecule has 1 aromatic heterocycles. The third-order valence-electron chi connectivity index (χ3n) is 3.25. The van der Waals surface area contributed by atoms with Gasteiger partial charge in [0, 0.05) is 18.3 Å². The van der Waals surface area contributed by atoms with Gasteiger partial charge in [-0.15, -0.1) is 11.6 Å². The van der Waals surface area contributed by atoms with Gasteiger partial charge < -0.3 is 0 Å². The Hall–Kier alpha value is -1.86. The Bertz CT molecular complexity index is 679. The minimum atomic E-state index is -0.0421. The number of hydrogen-bond donors (Lipinski definition) is 0. The van der Waals surface area contributed by atoms with E-state index in [1.165, 1.54) is 10.8 Å². The van der Waals surface area contributed by atoms with Gasteiger partial charge in [-0.3, -0.25) is 4.98 Å². The normalized spacial score (nSPS) is 12.5. The second kappa shape index (κ2) is 5.41. The molecule has 1 heterocycles. The summed E-state index contributed by atoms with van der Waals surface area (Å²) in [4.78, 5) is 4.32. The average molecular weight is 268 g/mol. The van der Waals surface area contributed by atoms with Crippen LogP contribution in [0.3, 0.4) is 0 Å². The molecule has 3 rings (SSSR count). The van der Waals surface area contributed by atoms with Crippen molar-refractivity contribution in [2.24, 2.45) is 0 Å². The summed E-state index contributed by atoms with van der Waals surface area (Å²) in [5, 5.41) is 2.43. The van der Waals surface area contributed by atoms with Gasteiger partial charge in [-0.2, -0.15) is 0 Å². The minimum absolute atomic E-state index is 0.0421. The molecule has 0 amide bonds. The van der Waals surface area contributed by atoms with E-state index < -0.39 is 0 Å². The number of alkyl halides is 1. The molecule has 0 radical (unpaired) electrons. The van der Waals surface area contributed by atoms with Crippen LogP contribution in [0.2, 0.25) is 0 Å². The van der Waals surface area contributed by atoms with Gasteiger partial charge in [0.2, 0.25) is 0 Å². The summed E-state index contributed by atoms with van der Waals surface area (Å²) in [5.74, 6) is 0. The number of aromatic nitrogens is 1. The third kappa shape index (κ3) is 2.77. The molecule has 0 bridgehead atoms. The smallest absolute Gasteiger partial charge is 0.0640 e. The molecular formula is C17H14ClN. The zero-order valence-electron chi connectivity index (χ0n) is 10.5. The number of pyridine rings is 1. The van der Waals surface area contributed by atoms with E-state index in [9.17, 15) is 0 Å². The molecule has 0 saturated carbocycles. The van der Waals surface area contributed by atoms with Crippen molar-refractivity contribution in [3.63, 3.8) is 0 Å². The van der Waals surface area contributed by atoms with Crippen LogP contribution in [0.15, 0.2) is 66.9 Å². The number of benzene rings is 2. The predicted molar refractivity (Wildman–Crippen MR) is 80.5 cm³/mol. The molecule has 0 spiro atoms. The molecule has 0 N–H and O–H groups in total. The maximum absolute atomic E-state index is 6.50. The van der Waals surface area contributed by atoms with Gasteiger partial charge in [-0.25, -0.2) is 0 Å². The van der Waals surface area contributed by atoms with Gasteiger partial charge in [0.05, 0.1) is 5.38 Å². The number of rotatable bonds is 3. The monoisotopic (exact) mass is 267 g/mol. The minimum Gasteiger partial charge on any atom is -0.261 e. The summed E-state index contributed by atoms with van der Waals surface area (Å²) in [6, 6.07) is 20.6. The number of fused-ring (bicyclic) bond motifs is 1. The maximum Gasteiger partial charge on any atom is 0.0640 e. The fourth-order valence-electron chi connectivity index (χ4n) is 2.22. The van der Waals surface area contributed by atoms with Gasteiger partial charge in [-0.05, 0) is 34.5 Å². The highest BCUT2D eigenvalue weighted by atomic mass is 35.5. The first-order chi connectivity index (χ1) is 9.33. The lowest BCUT2D eigenvalue weighted by Gasteiger charge is -2.10. The lowest BCUT2D eigenvalue weighted by Crippen LogP contribution is -1.97. The highest BCUT2D eigenvalue weighted by Crippen LogP contribution is 2.27. The van der Waals surface area contributed by atoms with Crippen molar-refractivity contribution < 1.29 is 0 Å². The van der Waals surface area contributed by atoms with Gasteiger partial charge in [0.15, 0.2) is 0 Å². The van der Waals surface area contributed by atoms with Crippen molar-refractivity contribution in [1.82, 2.24) is 4.98 Å². The molecule has 0 fully saturated rings. The SMILES string of the molecule is ClC(Cc1ccccn1)c1ccc2ccccc2c1. The molecule has 0 saturated heterocycles. The Balaban J connectivity index is 1.87. The summed E-state index contributed by atoms with van der Waals surface area (Å²) in [6.07, 6.45) is 2.56. The molecule has 19 heavy (non-hydrogen) atoms. The van der Waals surface area contributed by atoms with E-state index in [4.69, 9.17) is 11.6 Å². The Morgan fingerprint density at radius 3 is 2.47 bits per heavy atom. The fraction of sp³-hybridized carbons (Fsp3) is 0.118. The van der Waals surface area contributed by atoms with Crippen molar-refractivity contribution in [2.75, 3.05) is 0 Å². The van der Waals surface area contributed by atoms with E-state index in [0.717, 1.165) is 17.7 Å². The molecule has 0 aliphatic rings. The van der Waals surface area contributed by atoms with Crippen LogP contribution in [0.5, 0.6) is 0 Å². The average Bonchev–Trinajstić information content (AvgIpc) is 2.48. The zero-order valence-corrected chi connectivity index (χ0v) is 11.2. The molecule has 1 atom stereocenters. The molecular weight excluding hydrogens is 254 g/mol. The van der Waals surface area contributed by atoms with Crippen molar-refractivity contribution in [2.45, 2.75) is 11.8 Å². The Kier molecular flexibility index (Phi) is 3.47. The van der Waals surface area contributed by atoms with Gasteiger partial charge in [0.1, 0.15) is 0 Å². The Labute approximate surface area is 117 Å². The van der Waals surface area contributed by atoms with E-state index in [1.54, 1.807) is 6.20 Å². The Morgan fingerprint density at radius 2 is 1.68 bits per heavy atom. The Morgan fingerprint density at radius 1 is 0.895 bits per heavy atom. The molecule has 1 nitrogen and oxygen atoms in total. The van der Waals surface area contributed by atoms with E-state index in [2.05, 4.69) is 35.3 Å². The second-order valence-electron chi connectivity index (χ2n) is 4.60. The lowest BCUT2D eigenvalue weighted by molar-refractivity contribution is 0.882. The third-order valence-corrected chi connectivity index (χ3v) is 3.66. The first kappa shape index (κ1) is 12.2. The summed E-state index contributed by atoms with van der Waals surface area (Å²) in [5.41, 5.74) is 2.17. The van der Waals surface area contributed by atoms with E-state index in [1.807, 2.05) is 30.3 Å². The molecule has 1 unspecified atom stereocenters.